The molecule has 2 aromatic rings. The fourth-order valence-electron chi connectivity index (χ4n) is 4.68. The second-order valence-electron chi connectivity index (χ2n) is 9.31. The molecule has 1 saturated carbocycles. The average Bonchev–Trinajstić information content (AvgIpc) is 3.27. The van der Waals surface area contributed by atoms with E-state index in [0.29, 0.717) is 6.54 Å². The Balaban J connectivity index is 1.39. The molecule has 2 N–H and O–H groups in total. The molecule has 1 aromatic carbocycles. The first kappa shape index (κ1) is 24.5. The number of nitrogens with one attached hydrogen (secondary N) is 2. The zero-order valence-electron chi connectivity index (χ0n) is 19.7. The summed E-state index contributed by atoms with van der Waals surface area (Å²) in [5.74, 6) is -0.0652. The van der Waals surface area contributed by atoms with Gasteiger partial charge in [0.05, 0.1) is 0 Å². The summed E-state index contributed by atoms with van der Waals surface area (Å²) < 4.78 is 0. The maximum Gasteiger partial charge on any atom is 0.220 e. The van der Waals surface area contributed by atoms with Gasteiger partial charge in [-0.1, -0.05) is 35.9 Å². The summed E-state index contributed by atoms with van der Waals surface area (Å²) in [6.45, 7) is 2.76. The van der Waals surface area contributed by atoms with Gasteiger partial charge in [0.2, 0.25) is 11.8 Å². The number of hydrogen-bond acceptors (Lipinski definition) is 4. The molecule has 2 amide bonds. The zero-order chi connectivity index (χ0) is 23.0. The molecule has 3 rings (SSSR count). The smallest absolute Gasteiger partial charge is 0.220 e. The first-order chi connectivity index (χ1) is 15.4. The lowest BCUT2D eigenvalue weighted by Gasteiger charge is -2.45. The summed E-state index contributed by atoms with van der Waals surface area (Å²) >= 11 is 1.70. The monoisotopic (exact) mass is 455 g/mol. The summed E-state index contributed by atoms with van der Waals surface area (Å²) in [7, 11) is 4.34. The number of amides is 2. The van der Waals surface area contributed by atoms with Gasteiger partial charge in [-0.05, 0) is 76.6 Å². The van der Waals surface area contributed by atoms with Gasteiger partial charge in [-0.3, -0.25) is 9.59 Å². The van der Waals surface area contributed by atoms with Gasteiger partial charge in [-0.25, -0.2) is 0 Å². The van der Waals surface area contributed by atoms with Gasteiger partial charge in [0.15, 0.2) is 0 Å². The molecule has 5 nitrogen and oxygen atoms in total. The van der Waals surface area contributed by atoms with Crippen LogP contribution in [0, 0.1) is 6.92 Å². The normalized spacial score (nSPS) is 20.8. The third kappa shape index (κ3) is 7.17. The Morgan fingerprint density at radius 3 is 2.50 bits per heavy atom. The highest BCUT2D eigenvalue weighted by Gasteiger charge is 2.37. The van der Waals surface area contributed by atoms with Crippen molar-refractivity contribution in [2.24, 2.45) is 0 Å². The molecular weight excluding hydrogens is 418 g/mol. The maximum atomic E-state index is 12.4. The Morgan fingerprint density at radius 1 is 1.09 bits per heavy atom. The zero-order valence-corrected chi connectivity index (χ0v) is 20.5. The van der Waals surface area contributed by atoms with Gasteiger partial charge in [-0.15, -0.1) is 11.3 Å². The molecule has 1 aliphatic rings. The number of carbonyl (C=O) groups excluding carboxylic acids is 2. The fraction of sp³-hybridized carbons (Fsp3) is 0.538. The predicted octanol–water partition coefficient (Wildman–Crippen LogP) is 4.10. The van der Waals surface area contributed by atoms with Crippen molar-refractivity contribution in [3.8, 4) is 0 Å². The number of nitrogens with zero attached hydrogens (tertiary/aromatic N) is 1. The molecule has 0 unspecified atom stereocenters. The molecule has 1 aromatic heterocycles. The largest absolute Gasteiger partial charge is 0.356 e. The van der Waals surface area contributed by atoms with Gasteiger partial charge in [-0.2, -0.15) is 0 Å². The van der Waals surface area contributed by atoms with Crippen molar-refractivity contribution in [1.29, 1.82) is 0 Å². The second kappa shape index (κ2) is 11.6. The van der Waals surface area contributed by atoms with Gasteiger partial charge in [0.25, 0.3) is 0 Å². The number of hydrogen-bond donors (Lipinski definition) is 2. The van der Waals surface area contributed by atoms with Crippen LogP contribution in [0.5, 0.6) is 0 Å². The molecule has 0 radical (unpaired) electrons. The highest BCUT2D eigenvalue weighted by atomic mass is 32.1. The lowest BCUT2D eigenvalue weighted by Crippen LogP contribution is -2.52. The van der Waals surface area contributed by atoms with Gasteiger partial charge in [0, 0.05) is 35.8 Å². The third-order valence-electron chi connectivity index (χ3n) is 6.70. The number of thiophene rings is 1. The third-order valence-corrected chi connectivity index (χ3v) is 7.63. The molecule has 0 bridgehead atoms. The SMILES string of the molecule is Cc1cccc(CC2(N(C)C)CCC(NC(=O)CCC(=O)NCCc3cccs3)CC2)c1. The van der Waals surface area contributed by atoms with E-state index in [1.54, 1.807) is 11.3 Å². The van der Waals surface area contributed by atoms with Crippen LogP contribution in [-0.2, 0) is 22.4 Å². The van der Waals surface area contributed by atoms with Crippen molar-refractivity contribution in [2.75, 3.05) is 20.6 Å². The van der Waals surface area contributed by atoms with E-state index >= 15 is 0 Å². The highest BCUT2D eigenvalue weighted by molar-refractivity contribution is 7.09. The van der Waals surface area contributed by atoms with Crippen LogP contribution in [0.25, 0.3) is 0 Å². The average molecular weight is 456 g/mol. The molecule has 1 fully saturated rings. The Hall–Kier alpha value is -2.18. The lowest BCUT2D eigenvalue weighted by atomic mass is 9.74. The summed E-state index contributed by atoms with van der Waals surface area (Å²) in [4.78, 5) is 28.1. The van der Waals surface area contributed by atoms with E-state index in [1.807, 2.05) is 11.4 Å². The van der Waals surface area contributed by atoms with E-state index in [-0.39, 0.29) is 36.2 Å². The summed E-state index contributed by atoms with van der Waals surface area (Å²) in [6, 6.07) is 13.1. The van der Waals surface area contributed by atoms with E-state index in [9.17, 15) is 9.59 Å². The van der Waals surface area contributed by atoms with Crippen molar-refractivity contribution in [3.05, 3.63) is 57.8 Å². The van der Waals surface area contributed by atoms with E-state index < -0.39 is 0 Å². The van der Waals surface area contributed by atoms with E-state index in [4.69, 9.17) is 0 Å². The topological polar surface area (TPSA) is 61.4 Å². The molecular formula is C26H37N3O2S. The Labute approximate surface area is 196 Å². The summed E-state index contributed by atoms with van der Waals surface area (Å²) in [5, 5.41) is 8.12. The Bertz CT molecular complexity index is 871. The molecule has 32 heavy (non-hydrogen) atoms. The molecule has 174 valence electrons. The maximum absolute atomic E-state index is 12.4. The van der Waals surface area contributed by atoms with Crippen molar-refractivity contribution in [1.82, 2.24) is 15.5 Å². The molecule has 1 heterocycles. The molecule has 6 heteroatoms. The van der Waals surface area contributed by atoms with Crippen LogP contribution in [0.15, 0.2) is 41.8 Å². The van der Waals surface area contributed by atoms with Crippen LogP contribution in [0.2, 0.25) is 0 Å². The van der Waals surface area contributed by atoms with Crippen LogP contribution in [0.3, 0.4) is 0 Å². The minimum Gasteiger partial charge on any atom is -0.356 e. The van der Waals surface area contributed by atoms with Crippen molar-refractivity contribution in [3.63, 3.8) is 0 Å². The first-order valence-corrected chi connectivity index (χ1v) is 12.6. The van der Waals surface area contributed by atoms with E-state index in [2.05, 4.69) is 66.9 Å². The number of aryl methyl sites for hydroxylation is 1. The quantitative estimate of drug-likeness (QED) is 0.567. The number of likely N-dealkylation sites (N-methyl/N-ethyl adjacent to an activating group) is 1. The molecule has 1 aliphatic carbocycles. The van der Waals surface area contributed by atoms with Gasteiger partial charge >= 0.3 is 0 Å². The Morgan fingerprint density at radius 2 is 1.84 bits per heavy atom. The number of rotatable bonds is 10. The minimum atomic E-state index is -0.0508. The van der Waals surface area contributed by atoms with E-state index in [1.165, 1.54) is 16.0 Å². The predicted molar refractivity (Wildman–Crippen MR) is 132 cm³/mol. The standard InChI is InChI=1S/C26H37N3O2S/c1-20-6-4-7-21(18-20)19-26(29(2)3)14-11-22(12-15-26)28-25(31)10-9-24(30)27-16-13-23-8-5-17-32-23/h4-8,17-18,22H,9-16,19H2,1-3H3,(H,27,30)(H,28,31). The minimum absolute atomic E-state index is 0.0144. The second-order valence-corrected chi connectivity index (χ2v) is 10.3. The molecule has 0 spiro atoms. The highest BCUT2D eigenvalue weighted by Crippen LogP contribution is 2.35. The van der Waals surface area contributed by atoms with Crippen LogP contribution in [0.4, 0.5) is 0 Å². The van der Waals surface area contributed by atoms with Crippen molar-refractivity contribution < 1.29 is 9.59 Å². The number of benzene rings is 1. The van der Waals surface area contributed by atoms with E-state index in [0.717, 1.165) is 38.5 Å². The first-order valence-electron chi connectivity index (χ1n) is 11.7. The fourth-order valence-corrected chi connectivity index (χ4v) is 5.39. The molecule has 0 atom stereocenters. The molecule has 0 aliphatic heterocycles. The van der Waals surface area contributed by atoms with Crippen LogP contribution in [0.1, 0.15) is 54.5 Å². The van der Waals surface area contributed by atoms with Gasteiger partial charge < -0.3 is 15.5 Å². The van der Waals surface area contributed by atoms with Crippen molar-refractivity contribution >= 4 is 23.2 Å². The summed E-state index contributed by atoms with van der Waals surface area (Å²) in [5.41, 5.74) is 2.82. The van der Waals surface area contributed by atoms with Crippen LogP contribution in [-0.4, -0.2) is 48.9 Å². The van der Waals surface area contributed by atoms with Crippen molar-refractivity contribution in [2.45, 2.75) is 69.9 Å². The Kier molecular flexibility index (Phi) is 8.88. The summed E-state index contributed by atoms with van der Waals surface area (Å²) in [6.07, 6.45) is 6.44. The lowest BCUT2D eigenvalue weighted by molar-refractivity contribution is -0.127. The molecule has 0 saturated heterocycles. The van der Waals surface area contributed by atoms with Crippen LogP contribution >= 0.6 is 11.3 Å². The number of carbonyl (C=O) groups is 2. The van der Waals surface area contributed by atoms with Crippen LogP contribution < -0.4 is 10.6 Å². The van der Waals surface area contributed by atoms with Gasteiger partial charge in [0.1, 0.15) is 0 Å².